The summed E-state index contributed by atoms with van der Waals surface area (Å²) in [7, 11) is 0. The molecule has 1 aliphatic rings. The SMILES string of the molecule is CC(C)(C)NC(=O)NC(=O)CN(Cc1ccccc1F)C1CC1. The van der Waals surface area contributed by atoms with Gasteiger partial charge in [0.25, 0.3) is 0 Å². The summed E-state index contributed by atoms with van der Waals surface area (Å²) in [6.07, 6.45) is 1.99. The fourth-order valence-corrected chi connectivity index (χ4v) is 2.32. The van der Waals surface area contributed by atoms with Gasteiger partial charge in [0, 0.05) is 23.7 Å². The van der Waals surface area contributed by atoms with E-state index in [-0.39, 0.29) is 24.3 Å². The lowest BCUT2D eigenvalue weighted by molar-refractivity contribution is -0.121. The number of nitrogens with zero attached hydrogens (tertiary/aromatic N) is 1. The number of rotatable bonds is 5. The summed E-state index contributed by atoms with van der Waals surface area (Å²) in [6, 6.07) is 6.33. The van der Waals surface area contributed by atoms with E-state index >= 15 is 0 Å². The number of hydrogen-bond donors (Lipinski definition) is 2. The highest BCUT2D eigenvalue weighted by Gasteiger charge is 2.31. The molecule has 0 unspecified atom stereocenters. The van der Waals surface area contributed by atoms with Crippen LogP contribution in [0.2, 0.25) is 0 Å². The Labute approximate surface area is 136 Å². The second kappa shape index (κ2) is 7.08. The molecule has 23 heavy (non-hydrogen) atoms. The molecule has 2 N–H and O–H groups in total. The van der Waals surface area contributed by atoms with Gasteiger partial charge >= 0.3 is 6.03 Å². The largest absolute Gasteiger partial charge is 0.333 e. The van der Waals surface area contributed by atoms with Crippen molar-refractivity contribution < 1.29 is 14.0 Å². The Morgan fingerprint density at radius 2 is 1.91 bits per heavy atom. The predicted molar refractivity (Wildman–Crippen MR) is 86.3 cm³/mol. The Kier molecular flexibility index (Phi) is 5.36. The van der Waals surface area contributed by atoms with E-state index in [1.54, 1.807) is 18.2 Å². The Bertz CT molecular complexity index is 579. The van der Waals surface area contributed by atoms with Crippen molar-refractivity contribution in [2.45, 2.75) is 51.7 Å². The Morgan fingerprint density at radius 3 is 2.48 bits per heavy atom. The van der Waals surface area contributed by atoms with Crippen LogP contribution in [-0.2, 0) is 11.3 Å². The first-order chi connectivity index (χ1) is 10.7. The van der Waals surface area contributed by atoms with E-state index in [9.17, 15) is 14.0 Å². The van der Waals surface area contributed by atoms with Gasteiger partial charge in [-0.05, 0) is 39.7 Å². The predicted octanol–water partition coefficient (Wildman–Crippen LogP) is 2.41. The third-order valence-electron chi connectivity index (χ3n) is 3.48. The third kappa shape index (κ3) is 5.98. The van der Waals surface area contributed by atoms with E-state index in [4.69, 9.17) is 0 Å². The minimum absolute atomic E-state index is 0.0799. The minimum Gasteiger partial charge on any atom is -0.333 e. The molecular weight excluding hydrogens is 297 g/mol. The second-order valence-corrected chi connectivity index (χ2v) is 6.98. The van der Waals surface area contributed by atoms with Gasteiger partial charge in [0.1, 0.15) is 5.82 Å². The molecule has 0 spiro atoms. The average Bonchev–Trinajstić information content (AvgIpc) is 3.22. The van der Waals surface area contributed by atoms with Crippen LogP contribution in [0.4, 0.5) is 9.18 Å². The van der Waals surface area contributed by atoms with Crippen molar-refractivity contribution in [3.63, 3.8) is 0 Å². The molecule has 3 amide bonds. The summed E-state index contributed by atoms with van der Waals surface area (Å²) in [5.41, 5.74) is 0.152. The lowest BCUT2D eigenvalue weighted by Crippen LogP contribution is -2.50. The van der Waals surface area contributed by atoms with E-state index in [0.29, 0.717) is 12.1 Å². The summed E-state index contributed by atoms with van der Waals surface area (Å²) in [6.45, 7) is 5.96. The van der Waals surface area contributed by atoms with Crippen LogP contribution in [0.1, 0.15) is 39.2 Å². The van der Waals surface area contributed by atoms with Crippen LogP contribution in [0.5, 0.6) is 0 Å². The van der Waals surface area contributed by atoms with Gasteiger partial charge in [0.15, 0.2) is 0 Å². The highest BCUT2D eigenvalue weighted by molar-refractivity contribution is 5.95. The quantitative estimate of drug-likeness (QED) is 0.875. The lowest BCUT2D eigenvalue weighted by Gasteiger charge is -2.23. The number of benzene rings is 1. The van der Waals surface area contributed by atoms with Crippen LogP contribution in [0.3, 0.4) is 0 Å². The first kappa shape index (κ1) is 17.4. The van der Waals surface area contributed by atoms with Crippen LogP contribution < -0.4 is 10.6 Å². The molecule has 0 radical (unpaired) electrons. The first-order valence-corrected chi connectivity index (χ1v) is 7.84. The van der Waals surface area contributed by atoms with Gasteiger partial charge in [-0.3, -0.25) is 15.0 Å². The molecule has 6 heteroatoms. The van der Waals surface area contributed by atoms with Gasteiger partial charge in [-0.2, -0.15) is 0 Å². The molecular formula is C17H24FN3O2. The first-order valence-electron chi connectivity index (χ1n) is 7.84. The lowest BCUT2D eigenvalue weighted by atomic mass is 10.1. The summed E-state index contributed by atoms with van der Waals surface area (Å²) < 4.78 is 13.8. The molecule has 0 aromatic heterocycles. The van der Waals surface area contributed by atoms with Crippen molar-refractivity contribution in [1.29, 1.82) is 0 Å². The Hall–Kier alpha value is -1.95. The summed E-state index contributed by atoms with van der Waals surface area (Å²) in [5.74, 6) is -0.654. The van der Waals surface area contributed by atoms with Crippen LogP contribution in [0, 0.1) is 5.82 Å². The molecule has 0 atom stereocenters. The van der Waals surface area contributed by atoms with Crippen LogP contribution >= 0.6 is 0 Å². The monoisotopic (exact) mass is 321 g/mol. The van der Waals surface area contributed by atoms with Gasteiger partial charge < -0.3 is 5.32 Å². The number of halogens is 1. The standard InChI is InChI=1S/C17H24FN3O2/c1-17(2,3)20-16(23)19-15(22)11-21(13-8-9-13)10-12-6-4-5-7-14(12)18/h4-7,13H,8-11H2,1-3H3,(H2,19,20,22,23). The van der Waals surface area contributed by atoms with E-state index in [1.807, 2.05) is 25.7 Å². The number of amides is 3. The normalized spacial score (nSPS) is 14.7. The zero-order chi connectivity index (χ0) is 17.0. The average molecular weight is 321 g/mol. The van der Waals surface area contributed by atoms with Crippen molar-refractivity contribution in [1.82, 2.24) is 15.5 Å². The summed E-state index contributed by atoms with van der Waals surface area (Å²) >= 11 is 0. The highest BCUT2D eigenvalue weighted by atomic mass is 19.1. The highest BCUT2D eigenvalue weighted by Crippen LogP contribution is 2.28. The second-order valence-electron chi connectivity index (χ2n) is 6.98. The molecule has 0 saturated heterocycles. The van der Waals surface area contributed by atoms with Gasteiger partial charge in [0.2, 0.25) is 5.91 Å². The number of imide groups is 1. The van der Waals surface area contributed by atoms with Gasteiger partial charge in [0.05, 0.1) is 6.54 Å². The Morgan fingerprint density at radius 1 is 1.26 bits per heavy atom. The fourth-order valence-electron chi connectivity index (χ4n) is 2.32. The molecule has 1 fully saturated rings. The summed E-state index contributed by atoms with van der Waals surface area (Å²) in [5, 5.41) is 5.00. The molecule has 0 aliphatic heterocycles. The van der Waals surface area contributed by atoms with E-state index in [1.165, 1.54) is 6.07 Å². The minimum atomic E-state index is -0.510. The fraction of sp³-hybridized carbons (Fsp3) is 0.529. The van der Waals surface area contributed by atoms with Crippen molar-refractivity contribution in [3.8, 4) is 0 Å². The smallest absolute Gasteiger partial charge is 0.321 e. The van der Waals surface area contributed by atoms with E-state index < -0.39 is 11.6 Å². The molecule has 0 heterocycles. The van der Waals surface area contributed by atoms with Crippen molar-refractivity contribution in [2.24, 2.45) is 0 Å². The maximum absolute atomic E-state index is 13.8. The van der Waals surface area contributed by atoms with Gasteiger partial charge in [-0.25, -0.2) is 9.18 Å². The van der Waals surface area contributed by atoms with Crippen LogP contribution in [-0.4, -0.2) is 35.0 Å². The van der Waals surface area contributed by atoms with E-state index in [2.05, 4.69) is 10.6 Å². The summed E-state index contributed by atoms with van der Waals surface area (Å²) in [4.78, 5) is 25.7. The third-order valence-corrected chi connectivity index (χ3v) is 3.48. The van der Waals surface area contributed by atoms with Crippen molar-refractivity contribution in [2.75, 3.05) is 6.54 Å². The van der Waals surface area contributed by atoms with E-state index in [0.717, 1.165) is 12.8 Å². The topological polar surface area (TPSA) is 61.4 Å². The van der Waals surface area contributed by atoms with Gasteiger partial charge in [-0.15, -0.1) is 0 Å². The molecule has 126 valence electrons. The number of nitrogens with one attached hydrogen (secondary N) is 2. The van der Waals surface area contributed by atoms with Crippen LogP contribution in [0.25, 0.3) is 0 Å². The van der Waals surface area contributed by atoms with Gasteiger partial charge in [-0.1, -0.05) is 18.2 Å². The van der Waals surface area contributed by atoms with Crippen LogP contribution in [0.15, 0.2) is 24.3 Å². The number of hydrogen-bond acceptors (Lipinski definition) is 3. The number of carbonyl (C=O) groups excluding carboxylic acids is 2. The molecule has 0 bridgehead atoms. The molecule has 1 aromatic carbocycles. The zero-order valence-corrected chi connectivity index (χ0v) is 13.9. The molecule has 1 saturated carbocycles. The zero-order valence-electron chi connectivity index (χ0n) is 13.9. The molecule has 1 aliphatic carbocycles. The van der Waals surface area contributed by atoms with Crippen molar-refractivity contribution >= 4 is 11.9 Å². The maximum Gasteiger partial charge on any atom is 0.321 e. The molecule has 1 aromatic rings. The number of carbonyl (C=O) groups is 2. The number of urea groups is 1. The maximum atomic E-state index is 13.8. The Balaban J connectivity index is 1.91. The molecule has 5 nitrogen and oxygen atoms in total. The molecule has 2 rings (SSSR count). The van der Waals surface area contributed by atoms with Crippen molar-refractivity contribution in [3.05, 3.63) is 35.6 Å².